The average molecular weight is 300 g/mol. The lowest BCUT2D eigenvalue weighted by Crippen LogP contribution is -2.47. The first-order valence-electron chi connectivity index (χ1n) is 7.91. The molecule has 2 aromatic rings. The van der Waals surface area contributed by atoms with E-state index in [0.29, 0.717) is 0 Å². The van der Waals surface area contributed by atoms with E-state index in [-0.39, 0.29) is 5.54 Å². The van der Waals surface area contributed by atoms with Crippen LogP contribution in [0.15, 0.2) is 24.3 Å². The highest BCUT2D eigenvalue weighted by Gasteiger charge is 2.38. The zero-order chi connectivity index (χ0) is 14.9. The Balaban J connectivity index is 1.99. The second-order valence-electron chi connectivity index (χ2n) is 6.11. The van der Waals surface area contributed by atoms with Crippen molar-refractivity contribution in [2.45, 2.75) is 52.0 Å². The molecule has 0 aliphatic heterocycles. The lowest BCUT2D eigenvalue weighted by molar-refractivity contribution is 0.290. The maximum absolute atomic E-state index is 4.89. The third kappa shape index (κ3) is 2.77. The molecule has 3 rings (SSSR count). The molecule has 0 amide bonds. The molecule has 1 aliphatic rings. The highest BCUT2D eigenvalue weighted by Crippen LogP contribution is 2.39. The van der Waals surface area contributed by atoms with Gasteiger partial charge in [0.05, 0.1) is 11.2 Å². The van der Waals surface area contributed by atoms with E-state index in [4.69, 9.17) is 4.98 Å². The van der Waals surface area contributed by atoms with Gasteiger partial charge in [-0.1, -0.05) is 31.2 Å². The van der Waals surface area contributed by atoms with Gasteiger partial charge in [0, 0.05) is 4.88 Å². The first kappa shape index (κ1) is 14.7. The molecule has 1 heterocycles. The number of aryl methyl sites for hydroxylation is 3. The smallest absolute Gasteiger partial charge is 0.114 e. The predicted molar refractivity (Wildman–Crippen MR) is 90.0 cm³/mol. The van der Waals surface area contributed by atoms with Crippen LogP contribution in [0.25, 0.3) is 0 Å². The highest BCUT2D eigenvalue weighted by molar-refractivity contribution is 7.11. The summed E-state index contributed by atoms with van der Waals surface area (Å²) in [7, 11) is 0. The molecular formula is C18H24N2S. The fourth-order valence-corrected chi connectivity index (χ4v) is 4.29. The average Bonchev–Trinajstić information content (AvgIpc) is 2.85. The number of nitrogens with one attached hydrogen (secondary N) is 1. The zero-order valence-corrected chi connectivity index (χ0v) is 14.0. The first-order valence-corrected chi connectivity index (χ1v) is 8.72. The van der Waals surface area contributed by atoms with E-state index < -0.39 is 0 Å². The molecule has 1 unspecified atom stereocenters. The van der Waals surface area contributed by atoms with Crippen molar-refractivity contribution in [2.24, 2.45) is 0 Å². The molecule has 1 N–H and O–H groups in total. The summed E-state index contributed by atoms with van der Waals surface area (Å²) in [4.78, 5) is 6.24. The van der Waals surface area contributed by atoms with Gasteiger partial charge in [-0.2, -0.15) is 0 Å². The lowest BCUT2D eigenvalue weighted by Gasteiger charge is -2.37. The molecule has 21 heavy (non-hydrogen) atoms. The van der Waals surface area contributed by atoms with Crippen LogP contribution >= 0.6 is 11.3 Å². The topological polar surface area (TPSA) is 24.9 Å². The number of thiazole rings is 1. The van der Waals surface area contributed by atoms with Gasteiger partial charge in [0.15, 0.2) is 0 Å². The molecule has 1 atom stereocenters. The summed E-state index contributed by atoms with van der Waals surface area (Å²) >= 11 is 1.87. The van der Waals surface area contributed by atoms with Crippen LogP contribution < -0.4 is 5.32 Å². The van der Waals surface area contributed by atoms with Crippen LogP contribution in [0.1, 0.15) is 46.5 Å². The van der Waals surface area contributed by atoms with Gasteiger partial charge in [0.2, 0.25) is 0 Å². The molecule has 1 aromatic carbocycles. The molecule has 112 valence electrons. The van der Waals surface area contributed by atoms with Gasteiger partial charge in [0.1, 0.15) is 5.01 Å². The van der Waals surface area contributed by atoms with E-state index in [2.05, 4.69) is 50.4 Å². The highest BCUT2D eigenvalue weighted by atomic mass is 32.1. The van der Waals surface area contributed by atoms with E-state index in [1.54, 1.807) is 0 Å². The Morgan fingerprint density at radius 3 is 2.67 bits per heavy atom. The number of fused-ring (bicyclic) bond motifs is 1. The Labute approximate surface area is 131 Å². The van der Waals surface area contributed by atoms with Crippen LogP contribution in [0.5, 0.6) is 0 Å². The van der Waals surface area contributed by atoms with Crippen LogP contribution in [0.2, 0.25) is 0 Å². The summed E-state index contributed by atoms with van der Waals surface area (Å²) in [6.45, 7) is 7.59. The van der Waals surface area contributed by atoms with E-state index in [0.717, 1.165) is 32.2 Å². The van der Waals surface area contributed by atoms with Gasteiger partial charge in [-0.25, -0.2) is 4.98 Å². The van der Waals surface area contributed by atoms with Crippen molar-refractivity contribution in [2.75, 3.05) is 6.54 Å². The van der Waals surface area contributed by atoms with Gasteiger partial charge in [-0.15, -0.1) is 11.3 Å². The van der Waals surface area contributed by atoms with E-state index in [1.807, 2.05) is 11.3 Å². The lowest BCUT2D eigenvalue weighted by atomic mass is 9.78. The van der Waals surface area contributed by atoms with Crippen molar-refractivity contribution in [3.63, 3.8) is 0 Å². The van der Waals surface area contributed by atoms with Crippen LogP contribution in [-0.2, 0) is 18.4 Å². The molecule has 0 radical (unpaired) electrons. The maximum Gasteiger partial charge on any atom is 0.114 e. The molecule has 0 spiro atoms. The van der Waals surface area contributed by atoms with E-state index in [1.165, 1.54) is 26.7 Å². The van der Waals surface area contributed by atoms with Crippen molar-refractivity contribution in [3.8, 4) is 0 Å². The Morgan fingerprint density at radius 1 is 1.24 bits per heavy atom. The fraction of sp³-hybridized carbons (Fsp3) is 0.500. The second kappa shape index (κ2) is 5.90. The molecule has 1 aromatic heterocycles. The Morgan fingerprint density at radius 2 is 2.00 bits per heavy atom. The number of benzene rings is 1. The number of hydrogen-bond donors (Lipinski definition) is 1. The molecule has 1 aliphatic carbocycles. The summed E-state index contributed by atoms with van der Waals surface area (Å²) in [6.07, 6.45) is 4.52. The Kier molecular flexibility index (Phi) is 4.14. The molecule has 0 fully saturated rings. The number of aromatic nitrogens is 1. The van der Waals surface area contributed by atoms with Gasteiger partial charge in [-0.3, -0.25) is 0 Å². The third-order valence-corrected chi connectivity index (χ3v) is 5.86. The number of nitrogens with zero attached hydrogens (tertiary/aromatic N) is 1. The molecule has 0 bridgehead atoms. The molecule has 0 saturated carbocycles. The molecule has 2 nitrogen and oxygen atoms in total. The molecule has 0 saturated heterocycles. The van der Waals surface area contributed by atoms with Crippen LogP contribution in [0, 0.1) is 13.8 Å². The summed E-state index contributed by atoms with van der Waals surface area (Å²) in [5, 5.41) is 5.11. The minimum Gasteiger partial charge on any atom is -0.305 e. The van der Waals surface area contributed by atoms with Crippen molar-refractivity contribution in [3.05, 3.63) is 51.0 Å². The summed E-state index contributed by atoms with van der Waals surface area (Å²) < 4.78 is 0. The van der Waals surface area contributed by atoms with Crippen molar-refractivity contribution < 1.29 is 0 Å². The maximum atomic E-state index is 4.89. The quantitative estimate of drug-likeness (QED) is 0.918. The van der Waals surface area contributed by atoms with Crippen molar-refractivity contribution >= 4 is 11.3 Å². The third-order valence-electron chi connectivity index (χ3n) is 4.58. The second-order valence-corrected chi connectivity index (χ2v) is 7.32. The Bertz CT molecular complexity index is 612. The zero-order valence-electron chi connectivity index (χ0n) is 13.2. The van der Waals surface area contributed by atoms with E-state index >= 15 is 0 Å². The molecule has 3 heteroatoms. The van der Waals surface area contributed by atoms with Gasteiger partial charge in [0.25, 0.3) is 0 Å². The standard InChI is InChI=1S/C18H24N2S/c1-4-11-19-18(17-20-13(2)14(3)21-17)10-9-15-7-5-6-8-16(15)12-18/h5-8,19H,4,9-12H2,1-3H3. The first-order chi connectivity index (χ1) is 10.1. The van der Waals surface area contributed by atoms with Gasteiger partial charge in [-0.05, 0) is 57.2 Å². The normalized spacial score (nSPS) is 21.3. The van der Waals surface area contributed by atoms with E-state index in [9.17, 15) is 0 Å². The summed E-state index contributed by atoms with van der Waals surface area (Å²) in [6, 6.07) is 8.87. The van der Waals surface area contributed by atoms with Crippen molar-refractivity contribution in [1.29, 1.82) is 0 Å². The number of rotatable bonds is 4. The SMILES string of the molecule is CCCNC1(c2nc(C)c(C)s2)CCc2ccccc2C1. The fourth-order valence-electron chi connectivity index (χ4n) is 3.19. The van der Waals surface area contributed by atoms with Crippen molar-refractivity contribution in [1.82, 2.24) is 10.3 Å². The minimum atomic E-state index is 0.0358. The predicted octanol–water partition coefficient (Wildman–Crippen LogP) is 4.14. The molecular weight excluding hydrogens is 276 g/mol. The Hall–Kier alpha value is -1.19. The van der Waals surface area contributed by atoms with Crippen LogP contribution in [0.3, 0.4) is 0 Å². The van der Waals surface area contributed by atoms with Gasteiger partial charge < -0.3 is 5.32 Å². The minimum absolute atomic E-state index is 0.0358. The largest absolute Gasteiger partial charge is 0.305 e. The number of hydrogen-bond acceptors (Lipinski definition) is 3. The van der Waals surface area contributed by atoms with Gasteiger partial charge >= 0.3 is 0 Å². The summed E-state index contributed by atoms with van der Waals surface area (Å²) in [5.74, 6) is 0. The summed E-state index contributed by atoms with van der Waals surface area (Å²) in [5.41, 5.74) is 4.22. The van der Waals surface area contributed by atoms with Crippen LogP contribution in [-0.4, -0.2) is 11.5 Å². The monoisotopic (exact) mass is 300 g/mol. The van der Waals surface area contributed by atoms with Crippen LogP contribution in [0.4, 0.5) is 0 Å².